The van der Waals surface area contributed by atoms with Crippen LogP contribution in [-0.2, 0) is 0 Å². The summed E-state index contributed by atoms with van der Waals surface area (Å²) in [6.45, 7) is 0. The molecule has 0 amide bonds. The van der Waals surface area contributed by atoms with Gasteiger partial charge in [-0.15, -0.1) is 0 Å². The van der Waals surface area contributed by atoms with Gasteiger partial charge in [-0.1, -0.05) is 12.8 Å². The van der Waals surface area contributed by atoms with Crippen LogP contribution in [-0.4, -0.2) is 12.1 Å². The van der Waals surface area contributed by atoms with E-state index in [1.54, 1.807) is 0 Å². The molecule has 2 saturated carbocycles. The first-order valence-corrected chi connectivity index (χ1v) is 9.34. The van der Waals surface area contributed by atoms with E-state index in [2.05, 4.69) is 5.32 Å². The summed E-state index contributed by atoms with van der Waals surface area (Å²) >= 11 is 0. The molecule has 0 unspecified atom stereocenters. The second-order valence-corrected chi connectivity index (χ2v) is 7.86. The zero-order valence-corrected chi connectivity index (χ0v) is 12.4. The van der Waals surface area contributed by atoms with E-state index in [1.807, 2.05) is 0 Å². The summed E-state index contributed by atoms with van der Waals surface area (Å²) in [5.74, 6) is 0. The average Bonchev–Trinajstić information content (AvgIpc) is 2.27. The van der Waals surface area contributed by atoms with E-state index in [-0.39, 0.29) is 0 Å². The van der Waals surface area contributed by atoms with Crippen LogP contribution in [0.3, 0.4) is 0 Å². The molecule has 0 aromatic carbocycles. The minimum absolute atomic E-state index is 0.997. The van der Waals surface area contributed by atoms with Gasteiger partial charge in [0, 0.05) is 0 Å². The Morgan fingerprint density at radius 1 is 0.550 bits per heavy atom. The summed E-state index contributed by atoms with van der Waals surface area (Å²) in [5.41, 5.74) is 0. The molecule has 0 radical (unpaired) electrons. The van der Waals surface area contributed by atoms with Gasteiger partial charge in [-0.2, -0.15) is 0 Å². The van der Waals surface area contributed by atoms with Crippen molar-refractivity contribution in [2.24, 2.45) is 0 Å². The number of rotatable bonds is 2. The molecule has 0 atom stereocenters. The van der Waals surface area contributed by atoms with Crippen molar-refractivity contribution in [3.8, 4) is 0 Å². The first kappa shape index (κ1) is 18.0. The van der Waals surface area contributed by atoms with Gasteiger partial charge >= 0.3 is 33.0 Å². The van der Waals surface area contributed by atoms with Crippen molar-refractivity contribution < 1.29 is 30.5 Å². The monoisotopic (exact) mass is 327 g/mol. The molecule has 2 aliphatic carbocycles. The van der Waals surface area contributed by atoms with Crippen LogP contribution < -0.4 is 5.32 Å². The average molecular weight is 327 g/mol. The number of hydrogen-bond donors (Lipinski definition) is 1. The van der Waals surface area contributed by atoms with Gasteiger partial charge in [-0.05, 0) is 51.4 Å². The molecule has 0 heterocycles. The summed E-state index contributed by atoms with van der Waals surface area (Å²) in [5, 5.41) is 2.72. The Bertz CT molecular complexity index is 261. The van der Waals surface area contributed by atoms with E-state index in [0.29, 0.717) is 0 Å². The molecule has 2 N–H and O–H groups in total. The van der Waals surface area contributed by atoms with E-state index >= 15 is 0 Å². The van der Waals surface area contributed by atoms with Gasteiger partial charge in [0.05, 0.1) is 12.1 Å². The third-order valence-electron chi connectivity index (χ3n) is 3.84. The number of halogens is 6. The number of hydrogen-bond acceptors (Lipinski definition) is 0. The third-order valence-corrected chi connectivity index (χ3v) is 3.84. The number of nitrogens with two attached hydrogens (primary N) is 1. The van der Waals surface area contributed by atoms with Crippen LogP contribution in [0.2, 0.25) is 0 Å². The molecule has 2 aliphatic rings. The minimum atomic E-state index is -10.7. The van der Waals surface area contributed by atoms with E-state index in [9.17, 15) is 25.2 Å². The zero-order valence-electron chi connectivity index (χ0n) is 11.5. The first-order chi connectivity index (χ1) is 8.90. The molecule has 0 spiro atoms. The maximum atomic E-state index is 9.87. The van der Waals surface area contributed by atoms with Crippen molar-refractivity contribution in [2.75, 3.05) is 0 Å². The van der Waals surface area contributed by atoms with Crippen molar-refractivity contribution in [3.05, 3.63) is 0 Å². The van der Waals surface area contributed by atoms with Crippen LogP contribution in [0.1, 0.15) is 64.2 Å². The fraction of sp³-hybridized carbons (Fsp3) is 1.00. The van der Waals surface area contributed by atoms with Gasteiger partial charge in [0.2, 0.25) is 0 Å². The third kappa shape index (κ3) is 13.0. The van der Waals surface area contributed by atoms with Gasteiger partial charge in [-0.25, -0.2) is 0 Å². The van der Waals surface area contributed by atoms with Gasteiger partial charge in [0.1, 0.15) is 0 Å². The predicted octanol–water partition coefficient (Wildman–Crippen LogP) is 5.60. The molecule has 0 aromatic heterocycles. The van der Waals surface area contributed by atoms with Crippen molar-refractivity contribution in [1.82, 2.24) is 0 Å². The molecule has 2 fully saturated rings. The summed E-state index contributed by atoms with van der Waals surface area (Å²) in [7, 11) is -10.7. The quantitative estimate of drug-likeness (QED) is 0.502. The Hall–Kier alpha value is -0.0300. The van der Waals surface area contributed by atoms with Gasteiger partial charge in [0.15, 0.2) is 0 Å². The van der Waals surface area contributed by atoms with E-state index < -0.39 is 7.81 Å². The Morgan fingerprint density at radius 2 is 0.800 bits per heavy atom. The van der Waals surface area contributed by atoms with Crippen molar-refractivity contribution in [2.45, 2.75) is 76.3 Å². The van der Waals surface area contributed by atoms with E-state index in [0.717, 1.165) is 12.1 Å². The molecular formula is C12H24F6NP. The molecule has 0 aliphatic heterocycles. The summed E-state index contributed by atoms with van der Waals surface area (Å²) in [6, 6.07) is 1.99. The zero-order chi connectivity index (χ0) is 15.3. The molecule has 2 rings (SSSR count). The molecule has 20 heavy (non-hydrogen) atoms. The summed E-state index contributed by atoms with van der Waals surface area (Å²) < 4.78 is 59.2. The van der Waals surface area contributed by atoms with Gasteiger partial charge in [-0.3, -0.25) is 0 Å². The molecule has 124 valence electrons. The predicted molar refractivity (Wildman–Crippen MR) is 69.2 cm³/mol. The summed E-state index contributed by atoms with van der Waals surface area (Å²) in [4.78, 5) is 0. The number of quaternary nitrogens is 1. The Kier molecular flexibility index (Phi) is 5.40. The normalized spacial score (nSPS) is 26.1. The fourth-order valence-electron chi connectivity index (χ4n) is 3.04. The van der Waals surface area contributed by atoms with E-state index in [4.69, 9.17) is 0 Å². The first-order valence-electron chi connectivity index (χ1n) is 7.31. The molecule has 0 aromatic rings. The Balaban J connectivity index is 0.000000246. The molecule has 0 saturated heterocycles. The van der Waals surface area contributed by atoms with Crippen LogP contribution in [0.25, 0.3) is 0 Å². The second-order valence-electron chi connectivity index (χ2n) is 5.95. The van der Waals surface area contributed by atoms with Crippen LogP contribution in [0.4, 0.5) is 25.2 Å². The van der Waals surface area contributed by atoms with Gasteiger partial charge in [0.25, 0.3) is 0 Å². The fourth-order valence-corrected chi connectivity index (χ4v) is 3.04. The maximum absolute atomic E-state index is 10.7. The van der Waals surface area contributed by atoms with Crippen LogP contribution in [0.15, 0.2) is 0 Å². The SMILES string of the molecule is C1CCC([NH2+]C2CCCCC2)CC1.F[P-](F)(F)(F)(F)F. The standard InChI is InChI=1S/C12H23N.F6P/c1-3-7-11(8-4-1)13-12-9-5-2-6-10-12;1-7(2,3,4,5)6/h11-13H,1-10H2;/q;-1/p+1. The van der Waals surface area contributed by atoms with Crippen LogP contribution >= 0.6 is 7.81 Å². The molecular weight excluding hydrogens is 303 g/mol. The van der Waals surface area contributed by atoms with Crippen LogP contribution in [0, 0.1) is 0 Å². The summed E-state index contributed by atoms with van der Waals surface area (Å²) in [6.07, 6.45) is 15.0. The van der Waals surface area contributed by atoms with Crippen molar-refractivity contribution in [1.29, 1.82) is 0 Å². The van der Waals surface area contributed by atoms with Crippen molar-refractivity contribution >= 4 is 7.81 Å². The van der Waals surface area contributed by atoms with Gasteiger partial charge < -0.3 is 5.32 Å². The second kappa shape index (κ2) is 5.99. The van der Waals surface area contributed by atoms with E-state index in [1.165, 1.54) is 64.2 Å². The van der Waals surface area contributed by atoms with Crippen LogP contribution in [0.5, 0.6) is 0 Å². The topological polar surface area (TPSA) is 16.6 Å². The van der Waals surface area contributed by atoms with Crippen molar-refractivity contribution in [3.63, 3.8) is 0 Å². The molecule has 8 heteroatoms. The Morgan fingerprint density at radius 3 is 1.05 bits per heavy atom. The Labute approximate surface area is 115 Å². The molecule has 1 nitrogen and oxygen atoms in total. The molecule has 0 bridgehead atoms.